The number of nitrogens with zero attached hydrogens (tertiary/aromatic N) is 1. The minimum atomic E-state index is 0.533. The standard InChI is InChI=1S/C20H21NO2/c1-4-22-20-10-9-19(13-21-20)23-18-8-7-16-11-15(14(2)3)5-6-17(16)12-18/h5-14H,4H2,1-3H3. The van der Waals surface area contributed by atoms with Gasteiger partial charge >= 0.3 is 0 Å². The first-order valence-electron chi connectivity index (χ1n) is 7.96. The van der Waals surface area contributed by atoms with E-state index in [9.17, 15) is 0 Å². The lowest BCUT2D eigenvalue weighted by molar-refractivity contribution is 0.325. The summed E-state index contributed by atoms with van der Waals surface area (Å²) in [4.78, 5) is 4.21. The van der Waals surface area contributed by atoms with Crippen LogP contribution in [-0.4, -0.2) is 11.6 Å². The fourth-order valence-corrected chi connectivity index (χ4v) is 2.46. The number of aromatic nitrogens is 1. The zero-order valence-electron chi connectivity index (χ0n) is 13.7. The highest BCUT2D eigenvalue weighted by Gasteiger charge is 2.04. The molecule has 1 heterocycles. The van der Waals surface area contributed by atoms with Gasteiger partial charge in [0.25, 0.3) is 0 Å². The Bertz CT molecular complexity index is 794. The average Bonchev–Trinajstić information content (AvgIpc) is 2.56. The molecule has 3 rings (SSSR count). The lowest BCUT2D eigenvalue weighted by Gasteiger charge is -2.10. The van der Waals surface area contributed by atoms with Crippen LogP contribution >= 0.6 is 0 Å². The van der Waals surface area contributed by atoms with E-state index in [-0.39, 0.29) is 0 Å². The second-order valence-corrected chi connectivity index (χ2v) is 5.79. The van der Waals surface area contributed by atoms with Crippen molar-refractivity contribution < 1.29 is 9.47 Å². The predicted octanol–water partition coefficient (Wildman–Crippen LogP) is 5.55. The maximum Gasteiger partial charge on any atom is 0.213 e. The molecular weight excluding hydrogens is 286 g/mol. The van der Waals surface area contributed by atoms with Gasteiger partial charge in [-0.2, -0.15) is 0 Å². The summed E-state index contributed by atoms with van der Waals surface area (Å²) in [6.07, 6.45) is 1.68. The highest BCUT2D eigenvalue weighted by molar-refractivity contribution is 5.84. The van der Waals surface area contributed by atoms with Crippen LogP contribution in [0.25, 0.3) is 10.8 Å². The third-order valence-corrected chi connectivity index (χ3v) is 3.74. The molecule has 2 aromatic carbocycles. The van der Waals surface area contributed by atoms with E-state index in [1.54, 1.807) is 6.20 Å². The van der Waals surface area contributed by atoms with Crippen LogP contribution in [0.3, 0.4) is 0 Å². The van der Waals surface area contributed by atoms with Gasteiger partial charge in [0.1, 0.15) is 11.5 Å². The predicted molar refractivity (Wildman–Crippen MR) is 93.5 cm³/mol. The maximum atomic E-state index is 5.88. The normalized spacial score (nSPS) is 11.0. The van der Waals surface area contributed by atoms with Gasteiger partial charge < -0.3 is 9.47 Å². The fourth-order valence-electron chi connectivity index (χ4n) is 2.46. The average molecular weight is 307 g/mol. The molecule has 1 aromatic heterocycles. The molecule has 0 bridgehead atoms. The number of hydrogen-bond donors (Lipinski definition) is 0. The minimum Gasteiger partial charge on any atom is -0.478 e. The quantitative estimate of drug-likeness (QED) is 0.619. The first-order chi connectivity index (χ1) is 11.2. The van der Waals surface area contributed by atoms with Crippen LogP contribution in [0.2, 0.25) is 0 Å². The number of hydrogen-bond acceptors (Lipinski definition) is 3. The molecule has 0 fully saturated rings. The molecule has 3 aromatic rings. The summed E-state index contributed by atoms with van der Waals surface area (Å²) in [5, 5.41) is 2.40. The van der Waals surface area contributed by atoms with E-state index in [1.165, 1.54) is 16.3 Å². The number of benzene rings is 2. The Labute approximate surface area is 136 Å². The van der Waals surface area contributed by atoms with Gasteiger partial charge in [0.15, 0.2) is 0 Å². The van der Waals surface area contributed by atoms with Crippen LogP contribution in [0, 0.1) is 0 Å². The Balaban J connectivity index is 1.81. The summed E-state index contributed by atoms with van der Waals surface area (Å²) in [6.45, 7) is 6.96. The fraction of sp³-hybridized carbons (Fsp3) is 0.250. The third kappa shape index (κ3) is 3.62. The molecule has 0 saturated heterocycles. The van der Waals surface area contributed by atoms with Crippen molar-refractivity contribution in [1.82, 2.24) is 4.98 Å². The molecule has 3 nitrogen and oxygen atoms in total. The molecular formula is C20H21NO2. The molecule has 0 atom stereocenters. The van der Waals surface area contributed by atoms with Crippen molar-refractivity contribution >= 4 is 10.8 Å². The van der Waals surface area contributed by atoms with E-state index >= 15 is 0 Å². The van der Waals surface area contributed by atoms with Gasteiger partial charge in [-0.1, -0.05) is 38.1 Å². The van der Waals surface area contributed by atoms with E-state index < -0.39 is 0 Å². The van der Waals surface area contributed by atoms with Crippen molar-refractivity contribution in [3.8, 4) is 17.4 Å². The Morgan fingerprint density at radius 3 is 2.35 bits per heavy atom. The van der Waals surface area contributed by atoms with Crippen LogP contribution in [0.1, 0.15) is 32.3 Å². The molecule has 118 valence electrons. The maximum absolute atomic E-state index is 5.88. The first-order valence-corrected chi connectivity index (χ1v) is 7.96. The first kappa shape index (κ1) is 15.3. The highest BCUT2D eigenvalue weighted by atomic mass is 16.5. The summed E-state index contributed by atoms with van der Waals surface area (Å²) >= 11 is 0. The Hall–Kier alpha value is -2.55. The molecule has 0 aliphatic heterocycles. The van der Waals surface area contributed by atoms with Crippen LogP contribution < -0.4 is 9.47 Å². The molecule has 3 heteroatoms. The van der Waals surface area contributed by atoms with E-state index in [0.717, 1.165) is 5.75 Å². The van der Waals surface area contributed by atoms with Crippen molar-refractivity contribution in [1.29, 1.82) is 0 Å². The Morgan fingerprint density at radius 1 is 0.913 bits per heavy atom. The second kappa shape index (κ2) is 6.69. The molecule has 0 amide bonds. The van der Waals surface area contributed by atoms with Gasteiger partial charge in [-0.15, -0.1) is 0 Å². The van der Waals surface area contributed by atoms with Crippen LogP contribution in [-0.2, 0) is 0 Å². The Morgan fingerprint density at radius 2 is 1.65 bits per heavy atom. The van der Waals surface area contributed by atoms with Gasteiger partial charge in [-0.25, -0.2) is 4.98 Å². The molecule has 0 spiro atoms. The van der Waals surface area contributed by atoms with E-state index in [4.69, 9.17) is 9.47 Å². The molecule has 0 unspecified atom stereocenters. The number of fused-ring (bicyclic) bond motifs is 1. The molecule has 0 aliphatic carbocycles. The molecule has 0 radical (unpaired) electrons. The minimum absolute atomic E-state index is 0.533. The van der Waals surface area contributed by atoms with Crippen LogP contribution in [0.15, 0.2) is 54.7 Å². The molecule has 0 N–H and O–H groups in total. The van der Waals surface area contributed by atoms with Gasteiger partial charge in [-0.3, -0.25) is 0 Å². The monoisotopic (exact) mass is 307 g/mol. The van der Waals surface area contributed by atoms with Gasteiger partial charge in [0, 0.05) is 6.07 Å². The van der Waals surface area contributed by atoms with Crippen molar-refractivity contribution in [3.63, 3.8) is 0 Å². The summed E-state index contributed by atoms with van der Waals surface area (Å²) < 4.78 is 11.2. The Kier molecular flexibility index (Phi) is 4.47. The van der Waals surface area contributed by atoms with Gasteiger partial charge in [0.05, 0.1) is 12.8 Å². The second-order valence-electron chi connectivity index (χ2n) is 5.79. The largest absolute Gasteiger partial charge is 0.478 e. The SMILES string of the molecule is CCOc1ccc(Oc2ccc3cc(C(C)C)ccc3c2)cn1. The molecule has 0 aliphatic rings. The van der Waals surface area contributed by atoms with Crippen molar-refractivity contribution in [2.75, 3.05) is 6.61 Å². The van der Waals surface area contributed by atoms with Crippen LogP contribution in [0.4, 0.5) is 0 Å². The number of ether oxygens (including phenoxy) is 2. The summed E-state index contributed by atoms with van der Waals surface area (Å²) in [7, 11) is 0. The summed E-state index contributed by atoms with van der Waals surface area (Å²) in [5.74, 6) is 2.65. The van der Waals surface area contributed by atoms with E-state index in [0.29, 0.717) is 24.2 Å². The summed E-state index contributed by atoms with van der Waals surface area (Å²) in [5.41, 5.74) is 1.35. The lowest BCUT2D eigenvalue weighted by Crippen LogP contribution is -1.94. The van der Waals surface area contributed by atoms with Crippen molar-refractivity contribution in [2.45, 2.75) is 26.7 Å². The highest BCUT2D eigenvalue weighted by Crippen LogP contribution is 2.28. The smallest absolute Gasteiger partial charge is 0.213 e. The zero-order chi connectivity index (χ0) is 16.2. The van der Waals surface area contributed by atoms with Gasteiger partial charge in [-0.05, 0) is 47.4 Å². The van der Waals surface area contributed by atoms with Crippen molar-refractivity contribution in [2.24, 2.45) is 0 Å². The van der Waals surface area contributed by atoms with Crippen LogP contribution in [0.5, 0.6) is 17.4 Å². The number of pyridine rings is 1. The van der Waals surface area contributed by atoms with Gasteiger partial charge in [0.2, 0.25) is 5.88 Å². The van der Waals surface area contributed by atoms with Crippen molar-refractivity contribution in [3.05, 3.63) is 60.3 Å². The molecule has 23 heavy (non-hydrogen) atoms. The number of rotatable bonds is 5. The third-order valence-electron chi connectivity index (χ3n) is 3.74. The zero-order valence-corrected chi connectivity index (χ0v) is 13.7. The molecule has 0 saturated carbocycles. The van der Waals surface area contributed by atoms with E-state index in [2.05, 4.69) is 49.2 Å². The topological polar surface area (TPSA) is 31.4 Å². The summed E-state index contributed by atoms with van der Waals surface area (Å²) in [6, 6.07) is 16.4. The van der Waals surface area contributed by atoms with E-state index in [1.807, 2.05) is 25.1 Å². The lowest BCUT2D eigenvalue weighted by atomic mass is 9.99.